The molecular weight excluding hydrogens is 314 g/mol. The Morgan fingerprint density at radius 1 is 1.39 bits per heavy atom. The van der Waals surface area contributed by atoms with Crippen LogP contribution in [0.5, 0.6) is 5.75 Å². The minimum atomic E-state index is 0.0792. The fourth-order valence-electron chi connectivity index (χ4n) is 3.00. The van der Waals surface area contributed by atoms with Crippen LogP contribution >= 0.6 is 11.6 Å². The number of carbonyl (C=O) groups excluding carboxylic acids is 1. The van der Waals surface area contributed by atoms with E-state index in [4.69, 9.17) is 16.3 Å². The Morgan fingerprint density at radius 2 is 2.22 bits per heavy atom. The molecule has 2 aliphatic rings. The first-order chi connectivity index (χ1) is 11.2. The topological polar surface area (TPSA) is 53.6 Å². The van der Waals surface area contributed by atoms with Crippen LogP contribution in [0.2, 0.25) is 5.02 Å². The summed E-state index contributed by atoms with van der Waals surface area (Å²) < 4.78 is 5.41. The maximum atomic E-state index is 12.0. The molecular formula is C17H24ClN3O2. The second kappa shape index (κ2) is 7.41. The van der Waals surface area contributed by atoms with Crippen molar-refractivity contribution in [2.24, 2.45) is 5.92 Å². The molecule has 1 aromatic rings. The first-order valence-electron chi connectivity index (χ1n) is 8.24. The van der Waals surface area contributed by atoms with Gasteiger partial charge in [0.2, 0.25) is 5.91 Å². The molecule has 0 spiro atoms. The van der Waals surface area contributed by atoms with Crippen molar-refractivity contribution in [3.8, 4) is 5.75 Å². The number of rotatable bonds is 7. The van der Waals surface area contributed by atoms with Crippen LogP contribution in [0.3, 0.4) is 0 Å². The van der Waals surface area contributed by atoms with Crippen molar-refractivity contribution in [1.82, 2.24) is 10.6 Å². The van der Waals surface area contributed by atoms with E-state index in [0.29, 0.717) is 11.6 Å². The molecule has 1 heterocycles. The molecule has 1 saturated heterocycles. The molecule has 1 atom stereocenters. The number of ether oxygens (including phenoxy) is 1. The minimum Gasteiger partial charge on any atom is -0.495 e. The van der Waals surface area contributed by atoms with Crippen LogP contribution in [-0.4, -0.2) is 45.2 Å². The lowest BCUT2D eigenvalue weighted by Gasteiger charge is -2.21. The minimum absolute atomic E-state index is 0.0792. The van der Waals surface area contributed by atoms with Crippen LogP contribution in [0.4, 0.5) is 5.69 Å². The summed E-state index contributed by atoms with van der Waals surface area (Å²) in [5.74, 6) is 1.68. The van der Waals surface area contributed by atoms with E-state index < -0.39 is 0 Å². The average Bonchev–Trinajstić information content (AvgIpc) is 3.24. The second-order valence-corrected chi connectivity index (χ2v) is 6.83. The largest absolute Gasteiger partial charge is 0.495 e. The van der Waals surface area contributed by atoms with Crippen LogP contribution in [0.25, 0.3) is 0 Å². The predicted molar refractivity (Wildman–Crippen MR) is 92.4 cm³/mol. The Kier molecular flexibility index (Phi) is 5.28. The van der Waals surface area contributed by atoms with Gasteiger partial charge in [0.05, 0.1) is 19.3 Å². The Bertz CT molecular complexity index is 563. The van der Waals surface area contributed by atoms with Gasteiger partial charge in [-0.2, -0.15) is 0 Å². The van der Waals surface area contributed by atoms with Gasteiger partial charge in [0.1, 0.15) is 5.75 Å². The van der Waals surface area contributed by atoms with E-state index in [2.05, 4.69) is 15.5 Å². The number of methoxy groups -OCH3 is 1. The lowest BCUT2D eigenvalue weighted by molar-refractivity contribution is -0.120. The SMILES string of the molecule is COc1ccc(Cl)cc1N1CCC(NC(=O)CNCC2CC2)C1. The van der Waals surface area contributed by atoms with Crippen molar-refractivity contribution in [3.05, 3.63) is 23.2 Å². The third-order valence-electron chi connectivity index (χ3n) is 4.45. The van der Waals surface area contributed by atoms with Gasteiger partial charge in [0, 0.05) is 24.2 Å². The van der Waals surface area contributed by atoms with Gasteiger partial charge in [0.15, 0.2) is 0 Å². The fraction of sp³-hybridized carbons (Fsp3) is 0.588. The van der Waals surface area contributed by atoms with E-state index in [1.165, 1.54) is 12.8 Å². The maximum Gasteiger partial charge on any atom is 0.234 e. The average molecular weight is 338 g/mol. The molecule has 0 bridgehead atoms. The monoisotopic (exact) mass is 337 g/mol. The number of benzene rings is 1. The highest BCUT2D eigenvalue weighted by atomic mass is 35.5. The highest BCUT2D eigenvalue weighted by Crippen LogP contribution is 2.33. The number of halogens is 1. The Labute approximate surface area is 142 Å². The van der Waals surface area contributed by atoms with E-state index >= 15 is 0 Å². The molecule has 1 aliphatic carbocycles. The van der Waals surface area contributed by atoms with Crippen molar-refractivity contribution in [2.75, 3.05) is 38.2 Å². The first kappa shape index (κ1) is 16.4. The molecule has 1 saturated carbocycles. The van der Waals surface area contributed by atoms with Gasteiger partial charge in [-0.1, -0.05) is 11.6 Å². The number of hydrogen-bond donors (Lipinski definition) is 2. The van der Waals surface area contributed by atoms with Crippen molar-refractivity contribution in [3.63, 3.8) is 0 Å². The zero-order chi connectivity index (χ0) is 16.2. The van der Waals surface area contributed by atoms with Crippen molar-refractivity contribution in [2.45, 2.75) is 25.3 Å². The summed E-state index contributed by atoms with van der Waals surface area (Å²) in [6.45, 7) is 3.04. The van der Waals surface area contributed by atoms with E-state index in [0.717, 1.165) is 43.4 Å². The number of carbonyl (C=O) groups is 1. The van der Waals surface area contributed by atoms with Crippen LogP contribution in [0, 0.1) is 5.92 Å². The molecule has 23 heavy (non-hydrogen) atoms. The zero-order valence-electron chi connectivity index (χ0n) is 13.5. The second-order valence-electron chi connectivity index (χ2n) is 6.39. The predicted octanol–water partition coefficient (Wildman–Crippen LogP) is 2.04. The summed E-state index contributed by atoms with van der Waals surface area (Å²) in [6, 6.07) is 5.80. The van der Waals surface area contributed by atoms with E-state index in [9.17, 15) is 4.79 Å². The van der Waals surface area contributed by atoms with Gasteiger partial charge in [0.25, 0.3) is 0 Å². The number of anilines is 1. The molecule has 1 amide bonds. The molecule has 1 aliphatic heterocycles. The summed E-state index contributed by atoms with van der Waals surface area (Å²) in [6.07, 6.45) is 3.53. The molecule has 2 N–H and O–H groups in total. The molecule has 1 unspecified atom stereocenters. The zero-order valence-corrected chi connectivity index (χ0v) is 14.2. The summed E-state index contributed by atoms with van der Waals surface area (Å²) in [4.78, 5) is 14.2. The van der Waals surface area contributed by atoms with Crippen LogP contribution in [0.1, 0.15) is 19.3 Å². The molecule has 0 radical (unpaired) electrons. The molecule has 5 nitrogen and oxygen atoms in total. The molecule has 0 aromatic heterocycles. The molecule has 6 heteroatoms. The summed E-state index contributed by atoms with van der Waals surface area (Å²) in [5, 5.41) is 7.03. The third-order valence-corrected chi connectivity index (χ3v) is 4.69. The van der Waals surface area contributed by atoms with Crippen molar-refractivity contribution < 1.29 is 9.53 Å². The highest BCUT2D eigenvalue weighted by Gasteiger charge is 2.26. The molecule has 3 rings (SSSR count). The third kappa shape index (κ3) is 4.52. The van der Waals surface area contributed by atoms with Crippen molar-refractivity contribution >= 4 is 23.2 Å². The highest BCUT2D eigenvalue weighted by molar-refractivity contribution is 6.30. The van der Waals surface area contributed by atoms with Crippen LogP contribution in [0.15, 0.2) is 18.2 Å². The summed E-state index contributed by atoms with van der Waals surface area (Å²) in [7, 11) is 1.66. The Morgan fingerprint density at radius 3 is 2.96 bits per heavy atom. The number of nitrogens with one attached hydrogen (secondary N) is 2. The lowest BCUT2D eigenvalue weighted by Crippen LogP contribution is -2.42. The first-order valence-corrected chi connectivity index (χ1v) is 8.62. The maximum absolute atomic E-state index is 12.0. The standard InChI is InChI=1S/C17H24ClN3O2/c1-23-16-5-4-13(18)8-15(16)21-7-6-14(11-21)20-17(22)10-19-9-12-2-3-12/h4-5,8,12,14,19H,2-3,6-7,9-11H2,1H3,(H,20,22). The van der Waals surface area contributed by atoms with Gasteiger partial charge in [-0.25, -0.2) is 0 Å². The smallest absolute Gasteiger partial charge is 0.234 e. The van der Waals surface area contributed by atoms with Gasteiger partial charge in [-0.15, -0.1) is 0 Å². The lowest BCUT2D eigenvalue weighted by atomic mass is 10.2. The van der Waals surface area contributed by atoms with Gasteiger partial charge in [-0.05, 0) is 49.9 Å². The van der Waals surface area contributed by atoms with Crippen LogP contribution < -0.4 is 20.3 Å². The summed E-state index contributed by atoms with van der Waals surface area (Å²) in [5.41, 5.74) is 0.989. The quantitative estimate of drug-likeness (QED) is 0.799. The van der Waals surface area contributed by atoms with Gasteiger partial charge in [-0.3, -0.25) is 4.79 Å². The van der Waals surface area contributed by atoms with E-state index in [1.807, 2.05) is 18.2 Å². The Balaban J connectivity index is 1.49. The van der Waals surface area contributed by atoms with Crippen LogP contribution in [-0.2, 0) is 4.79 Å². The van der Waals surface area contributed by atoms with E-state index in [1.54, 1.807) is 7.11 Å². The molecule has 126 valence electrons. The number of hydrogen-bond acceptors (Lipinski definition) is 4. The molecule has 1 aromatic carbocycles. The Hall–Kier alpha value is -1.46. The summed E-state index contributed by atoms with van der Waals surface area (Å²) >= 11 is 6.10. The molecule has 2 fully saturated rings. The normalized spacial score (nSPS) is 20.6. The van der Waals surface area contributed by atoms with Crippen molar-refractivity contribution in [1.29, 1.82) is 0 Å². The van der Waals surface area contributed by atoms with Gasteiger partial charge < -0.3 is 20.3 Å². The number of amides is 1. The van der Waals surface area contributed by atoms with E-state index in [-0.39, 0.29) is 11.9 Å². The van der Waals surface area contributed by atoms with Gasteiger partial charge >= 0.3 is 0 Å². The fourth-order valence-corrected chi connectivity index (χ4v) is 3.16. The number of nitrogens with zero attached hydrogens (tertiary/aromatic N) is 1.